The Morgan fingerprint density at radius 3 is 2.50 bits per heavy atom. The van der Waals surface area contributed by atoms with Crippen LogP contribution in [0.1, 0.15) is 47.0 Å². The Bertz CT molecular complexity index is 271. The molecule has 2 rings (SSSR count). The van der Waals surface area contributed by atoms with Crippen molar-refractivity contribution in [2.24, 2.45) is 17.3 Å². The molecule has 2 fully saturated rings. The lowest BCUT2D eigenvalue weighted by Gasteiger charge is -2.45. The number of nitrogens with one attached hydrogen (secondary N) is 1. The molecule has 0 radical (unpaired) electrons. The van der Waals surface area contributed by atoms with Crippen LogP contribution >= 0.6 is 0 Å². The Morgan fingerprint density at radius 1 is 1.43 bits per heavy atom. The molecule has 0 aliphatic heterocycles. The van der Waals surface area contributed by atoms with Crippen molar-refractivity contribution in [1.82, 2.24) is 5.32 Å². The van der Waals surface area contributed by atoms with Gasteiger partial charge in [0.1, 0.15) is 0 Å². The summed E-state index contributed by atoms with van der Waals surface area (Å²) in [6, 6.07) is 0. The van der Waals surface area contributed by atoms with Gasteiger partial charge in [-0.15, -0.1) is 0 Å². The highest BCUT2D eigenvalue weighted by atomic mass is 16.1. The minimum atomic E-state index is 0.100. The van der Waals surface area contributed by atoms with Crippen molar-refractivity contribution >= 4 is 5.91 Å². The van der Waals surface area contributed by atoms with Gasteiger partial charge in [0.15, 0.2) is 0 Å². The molecule has 2 bridgehead atoms. The van der Waals surface area contributed by atoms with Crippen LogP contribution in [0.2, 0.25) is 0 Å². The molecule has 0 spiro atoms. The number of carbonyl (C=O) groups is 1. The zero-order valence-electron chi connectivity index (χ0n) is 9.68. The topological polar surface area (TPSA) is 29.1 Å². The molecule has 3 atom stereocenters. The summed E-state index contributed by atoms with van der Waals surface area (Å²) >= 11 is 0. The molecule has 0 aromatic heterocycles. The van der Waals surface area contributed by atoms with Gasteiger partial charge in [0.05, 0.1) is 0 Å². The summed E-state index contributed by atoms with van der Waals surface area (Å²) in [6.07, 6.45) is 3.67. The van der Waals surface area contributed by atoms with E-state index in [9.17, 15) is 4.79 Å². The number of amides is 1. The quantitative estimate of drug-likeness (QED) is 0.683. The fourth-order valence-electron chi connectivity index (χ4n) is 3.73. The molecule has 2 heteroatoms. The van der Waals surface area contributed by atoms with Crippen LogP contribution in [-0.4, -0.2) is 11.4 Å². The number of hydrogen-bond acceptors (Lipinski definition) is 1. The second-order valence-electron chi connectivity index (χ2n) is 5.78. The third kappa shape index (κ3) is 1.06. The Labute approximate surface area is 86.5 Å². The normalized spacial score (nSPS) is 44.0. The van der Waals surface area contributed by atoms with Crippen LogP contribution in [0.15, 0.2) is 0 Å². The van der Waals surface area contributed by atoms with Crippen molar-refractivity contribution in [3.8, 4) is 0 Å². The lowest BCUT2D eigenvalue weighted by atomic mass is 9.65. The van der Waals surface area contributed by atoms with Gasteiger partial charge in [0, 0.05) is 12.5 Å². The van der Waals surface area contributed by atoms with Gasteiger partial charge in [-0.3, -0.25) is 4.79 Å². The van der Waals surface area contributed by atoms with Crippen molar-refractivity contribution in [2.75, 3.05) is 0 Å². The molecule has 2 aliphatic carbocycles. The summed E-state index contributed by atoms with van der Waals surface area (Å²) in [5.74, 6) is 1.70. The van der Waals surface area contributed by atoms with Crippen molar-refractivity contribution < 1.29 is 4.79 Å². The van der Waals surface area contributed by atoms with Crippen LogP contribution in [-0.2, 0) is 4.79 Å². The van der Waals surface area contributed by atoms with Crippen LogP contribution < -0.4 is 5.32 Å². The van der Waals surface area contributed by atoms with Crippen molar-refractivity contribution in [3.05, 3.63) is 0 Å². The van der Waals surface area contributed by atoms with Crippen LogP contribution in [0, 0.1) is 17.3 Å². The van der Waals surface area contributed by atoms with Crippen molar-refractivity contribution in [3.63, 3.8) is 0 Å². The fraction of sp³-hybridized carbons (Fsp3) is 0.917. The first-order valence-corrected chi connectivity index (χ1v) is 5.68. The summed E-state index contributed by atoms with van der Waals surface area (Å²) in [5.41, 5.74) is 0.366. The Balaban J connectivity index is 2.30. The second kappa shape index (κ2) is 2.74. The molecular formula is C12H21NO. The van der Waals surface area contributed by atoms with E-state index in [0.717, 1.165) is 11.8 Å². The monoisotopic (exact) mass is 195 g/mol. The largest absolute Gasteiger partial charge is 0.350 e. The molecule has 2 nitrogen and oxygen atoms in total. The summed E-state index contributed by atoms with van der Waals surface area (Å²) in [6.45, 7) is 8.61. The van der Waals surface area contributed by atoms with Gasteiger partial charge in [-0.1, -0.05) is 20.8 Å². The maximum absolute atomic E-state index is 11.3. The average molecular weight is 195 g/mol. The average Bonchev–Trinajstić information content (AvgIpc) is 2.52. The molecule has 0 heterocycles. The molecule has 14 heavy (non-hydrogen) atoms. The Hall–Kier alpha value is -0.530. The third-order valence-electron chi connectivity index (χ3n) is 5.05. The molecule has 80 valence electrons. The van der Waals surface area contributed by atoms with Crippen LogP contribution in [0.5, 0.6) is 0 Å². The SMILES string of the molecule is CC(=O)N[C@]12CC[C@H](C1)[C@H](C)C2(C)C. The van der Waals surface area contributed by atoms with E-state index in [-0.39, 0.29) is 16.9 Å². The van der Waals surface area contributed by atoms with E-state index in [1.807, 2.05) is 0 Å². The van der Waals surface area contributed by atoms with E-state index < -0.39 is 0 Å². The lowest BCUT2D eigenvalue weighted by molar-refractivity contribution is -0.122. The third-order valence-corrected chi connectivity index (χ3v) is 5.05. The predicted octanol–water partition coefficient (Wildman–Crippen LogP) is 2.34. The van der Waals surface area contributed by atoms with Crippen LogP contribution in [0.3, 0.4) is 0 Å². The minimum absolute atomic E-state index is 0.100. The minimum Gasteiger partial charge on any atom is -0.350 e. The van der Waals surface area contributed by atoms with E-state index in [0.29, 0.717) is 0 Å². The summed E-state index contributed by atoms with van der Waals surface area (Å²) in [5, 5.41) is 3.23. The highest BCUT2D eigenvalue weighted by molar-refractivity contribution is 5.74. The van der Waals surface area contributed by atoms with E-state index in [1.54, 1.807) is 6.92 Å². The van der Waals surface area contributed by atoms with Gasteiger partial charge in [0.25, 0.3) is 0 Å². The van der Waals surface area contributed by atoms with Crippen LogP contribution in [0.25, 0.3) is 0 Å². The predicted molar refractivity (Wildman–Crippen MR) is 56.8 cm³/mol. The Morgan fingerprint density at radius 2 is 2.07 bits per heavy atom. The van der Waals surface area contributed by atoms with E-state index in [4.69, 9.17) is 0 Å². The van der Waals surface area contributed by atoms with Gasteiger partial charge >= 0.3 is 0 Å². The molecular weight excluding hydrogens is 174 g/mol. The summed E-state index contributed by atoms with van der Waals surface area (Å²) in [7, 11) is 0. The maximum atomic E-state index is 11.3. The van der Waals surface area contributed by atoms with Crippen molar-refractivity contribution in [2.45, 2.75) is 52.5 Å². The lowest BCUT2D eigenvalue weighted by Crippen LogP contribution is -2.55. The fourth-order valence-corrected chi connectivity index (χ4v) is 3.73. The molecule has 0 saturated heterocycles. The molecule has 1 amide bonds. The number of carbonyl (C=O) groups excluding carboxylic acids is 1. The van der Waals surface area contributed by atoms with Gasteiger partial charge in [0.2, 0.25) is 5.91 Å². The molecule has 2 saturated carbocycles. The number of fused-ring (bicyclic) bond motifs is 2. The Kier molecular flexibility index (Phi) is 1.96. The van der Waals surface area contributed by atoms with E-state index in [2.05, 4.69) is 26.1 Å². The zero-order chi connectivity index (χ0) is 10.6. The van der Waals surface area contributed by atoms with Gasteiger partial charge in [-0.2, -0.15) is 0 Å². The highest BCUT2D eigenvalue weighted by Crippen LogP contribution is 2.61. The second-order valence-corrected chi connectivity index (χ2v) is 5.78. The van der Waals surface area contributed by atoms with Crippen LogP contribution in [0.4, 0.5) is 0 Å². The summed E-state index contributed by atoms with van der Waals surface area (Å²) in [4.78, 5) is 11.3. The molecule has 1 N–H and O–H groups in total. The molecule has 2 aliphatic rings. The maximum Gasteiger partial charge on any atom is 0.217 e. The van der Waals surface area contributed by atoms with E-state index >= 15 is 0 Å². The number of rotatable bonds is 1. The smallest absolute Gasteiger partial charge is 0.217 e. The standard InChI is InChI=1S/C12H21NO/c1-8-10-5-6-12(7-10,11(8,3)4)13-9(2)14/h8,10H,5-7H2,1-4H3,(H,13,14)/t8-,10+,12+/m0/s1. The van der Waals surface area contributed by atoms with Crippen molar-refractivity contribution in [1.29, 1.82) is 0 Å². The highest BCUT2D eigenvalue weighted by Gasteiger charge is 2.61. The first kappa shape index (κ1) is 10.0. The number of hydrogen-bond donors (Lipinski definition) is 1. The van der Waals surface area contributed by atoms with Gasteiger partial charge in [-0.25, -0.2) is 0 Å². The molecule has 0 aromatic carbocycles. The van der Waals surface area contributed by atoms with Gasteiger partial charge in [-0.05, 0) is 36.5 Å². The zero-order valence-corrected chi connectivity index (χ0v) is 9.68. The van der Waals surface area contributed by atoms with Gasteiger partial charge < -0.3 is 5.32 Å². The summed E-state index contributed by atoms with van der Waals surface area (Å²) < 4.78 is 0. The van der Waals surface area contributed by atoms with E-state index in [1.165, 1.54) is 19.3 Å². The molecule has 0 aromatic rings. The first-order chi connectivity index (χ1) is 6.39. The molecule has 0 unspecified atom stereocenters. The first-order valence-electron chi connectivity index (χ1n) is 5.68.